The van der Waals surface area contributed by atoms with Gasteiger partial charge in [-0.25, -0.2) is 0 Å². The molecular formula is C15H26N4OS. The SMILES string of the molecule is CCN(CC)C(=O)C1(C(=S)N(CC)CC)C=CC=NC1N. The number of dihydropyridines is 1. The molecule has 0 spiro atoms. The molecule has 2 unspecified atom stereocenters. The molecule has 0 fully saturated rings. The van der Waals surface area contributed by atoms with Gasteiger partial charge < -0.3 is 15.5 Å². The monoisotopic (exact) mass is 310 g/mol. The smallest absolute Gasteiger partial charge is 0.243 e. The number of rotatable bonds is 6. The van der Waals surface area contributed by atoms with Crippen LogP contribution in [0.4, 0.5) is 0 Å². The van der Waals surface area contributed by atoms with Gasteiger partial charge in [0.25, 0.3) is 0 Å². The maximum atomic E-state index is 13.1. The Morgan fingerprint density at radius 2 is 1.71 bits per heavy atom. The van der Waals surface area contributed by atoms with Crippen LogP contribution in [0.2, 0.25) is 0 Å². The van der Waals surface area contributed by atoms with Crippen molar-refractivity contribution in [2.24, 2.45) is 16.1 Å². The summed E-state index contributed by atoms with van der Waals surface area (Å²) in [6.45, 7) is 10.7. The number of hydrogen-bond acceptors (Lipinski definition) is 4. The molecule has 0 aromatic carbocycles. The minimum Gasteiger partial charge on any atom is -0.365 e. The lowest BCUT2D eigenvalue weighted by Gasteiger charge is -2.41. The quantitative estimate of drug-likeness (QED) is 0.754. The molecule has 2 atom stereocenters. The lowest BCUT2D eigenvalue weighted by molar-refractivity contribution is -0.136. The molecule has 0 aromatic rings. The molecule has 1 aliphatic rings. The third-order valence-electron chi connectivity index (χ3n) is 3.97. The molecule has 5 nitrogen and oxygen atoms in total. The summed E-state index contributed by atoms with van der Waals surface area (Å²) < 4.78 is 0. The fourth-order valence-electron chi connectivity index (χ4n) is 2.59. The van der Waals surface area contributed by atoms with E-state index in [1.54, 1.807) is 17.2 Å². The van der Waals surface area contributed by atoms with E-state index >= 15 is 0 Å². The number of carbonyl (C=O) groups is 1. The van der Waals surface area contributed by atoms with Crippen LogP contribution in [0, 0.1) is 5.41 Å². The van der Waals surface area contributed by atoms with Gasteiger partial charge in [-0.3, -0.25) is 9.79 Å². The van der Waals surface area contributed by atoms with Crippen molar-refractivity contribution in [1.29, 1.82) is 0 Å². The molecule has 0 aliphatic carbocycles. The van der Waals surface area contributed by atoms with Crippen molar-refractivity contribution < 1.29 is 4.79 Å². The molecule has 1 heterocycles. The van der Waals surface area contributed by atoms with E-state index in [1.165, 1.54) is 0 Å². The van der Waals surface area contributed by atoms with Crippen LogP contribution in [0.25, 0.3) is 0 Å². The molecule has 1 aliphatic heterocycles. The summed E-state index contributed by atoms with van der Waals surface area (Å²) in [5.74, 6) is -0.0648. The molecule has 0 saturated heterocycles. The van der Waals surface area contributed by atoms with E-state index in [1.807, 2.05) is 38.7 Å². The molecule has 0 radical (unpaired) electrons. The van der Waals surface area contributed by atoms with E-state index < -0.39 is 11.6 Å². The minimum atomic E-state index is -1.05. The average molecular weight is 310 g/mol. The molecule has 0 bridgehead atoms. The van der Waals surface area contributed by atoms with Gasteiger partial charge in [0.2, 0.25) is 5.91 Å². The predicted molar refractivity (Wildman–Crippen MR) is 91.5 cm³/mol. The van der Waals surface area contributed by atoms with Gasteiger partial charge in [-0.15, -0.1) is 0 Å². The molecule has 1 rings (SSSR count). The Morgan fingerprint density at radius 1 is 1.19 bits per heavy atom. The summed E-state index contributed by atoms with van der Waals surface area (Å²) in [5.41, 5.74) is 5.15. The van der Waals surface area contributed by atoms with Crippen LogP contribution in [0.5, 0.6) is 0 Å². The summed E-state index contributed by atoms with van der Waals surface area (Å²) >= 11 is 5.65. The molecule has 118 valence electrons. The van der Waals surface area contributed by atoms with Crippen molar-refractivity contribution in [3.05, 3.63) is 12.2 Å². The number of nitrogens with two attached hydrogens (primary N) is 1. The van der Waals surface area contributed by atoms with Crippen LogP contribution in [-0.2, 0) is 4.79 Å². The van der Waals surface area contributed by atoms with Crippen molar-refractivity contribution in [3.8, 4) is 0 Å². The first-order valence-corrected chi connectivity index (χ1v) is 7.95. The fourth-order valence-corrected chi connectivity index (χ4v) is 3.12. The number of carbonyl (C=O) groups excluding carboxylic acids is 1. The topological polar surface area (TPSA) is 61.9 Å². The second-order valence-corrected chi connectivity index (χ2v) is 5.31. The zero-order valence-electron chi connectivity index (χ0n) is 13.4. The Hall–Kier alpha value is -1.27. The van der Waals surface area contributed by atoms with E-state index in [2.05, 4.69) is 4.99 Å². The van der Waals surface area contributed by atoms with Gasteiger partial charge in [0.1, 0.15) is 11.2 Å². The molecule has 1 amide bonds. The zero-order chi connectivity index (χ0) is 16.0. The van der Waals surface area contributed by atoms with Crippen LogP contribution in [0.3, 0.4) is 0 Å². The van der Waals surface area contributed by atoms with Crippen LogP contribution in [0.15, 0.2) is 17.1 Å². The summed E-state index contributed by atoms with van der Waals surface area (Å²) in [4.78, 5) is 21.6. The minimum absolute atomic E-state index is 0.0648. The van der Waals surface area contributed by atoms with Crippen LogP contribution in [-0.4, -0.2) is 59.3 Å². The van der Waals surface area contributed by atoms with E-state index in [0.29, 0.717) is 18.1 Å². The highest BCUT2D eigenvalue weighted by Gasteiger charge is 2.50. The van der Waals surface area contributed by atoms with Crippen molar-refractivity contribution in [2.75, 3.05) is 26.2 Å². The van der Waals surface area contributed by atoms with Gasteiger partial charge >= 0.3 is 0 Å². The lowest BCUT2D eigenvalue weighted by atomic mass is 9.80. The van der Waals surface area contributed by atoms with E-state index in [4.69, 9.17) is 18.0 Å². The van der Waals surface area contributed by atoms with Crippen molar-refractivity contribution >= 4 is 29.3 Å². The summed E-state index contributed by atoms with van der Waals surface area (Å²) in [7, 11) is 0. The molecule has 0 aromatic heterocycles. The van der Waals surface area contributed by atoms with Crippen molar-refractivity contribution in [3.63, 3.8) is 0 Å². The van der Waals surface area contributed by atoms with E-state index in [9.17, 15) is 4.79 Å². The first-order chi connectivity index (χ1) is 9.99. The Labute approximate surface area is 132 Å². The van der Waals surface area contributed by atoms with Crippen LogP contribution in [0.1, 0.15) is 27.7 Å². The fraction of sp³-hybridized carbons (Fsp3) is 0.667. The summed E-state index contributed by atoms with van der Waals surface area (Å²) in [6.07, 6.45) is 4.53. The predicted octanol–water partition coefficient (Wildman–Crippen LogP) is 1.44. The number of allylic oxidation sites excluding steroid dienone is 1. The van der Waals surface area contributed by atoms with E-state index in [0.717, 1.165) is 13.1 Å². The first-order valence-electron chi connectivity index (χ1n) is 7.54. The van der Waals surface area contributed by atoms with Gasteiger partial charge in [-0.05, 0) is 33.8 Å². The highest BCUT2D eigenvalue weighted by atomic mass is 32.1. The Balaban J connectivity index is 3.31. The Kier molecular flexibility index (Phi) is 6.48. The maximum absolute atomic E-state index is 13.1. The summed E-state index contributed by atoms with van der Waals surface area (Å²) in [6, 6.07) is 0. The highest BCUT2D eigenvalue weighted by molar-refractivity contribution is 7.80. The Bertz CT molecular complexity index is 415. The maximum Gasteiger partial charge on any atom is 0.243 e. The number of hydrogen-bond donors (Lipinski definition) is 1. The van der Waals surface area contributed by atoms with Gasteiger partial charge in [0, 0.05) is 32.4 Å². The Morgan fingerprint density at radius 3 is 2.14 bits per heavy atom. The van der Waals surface area contributed by atoms with Crippen LogP contribution >= 0.6 is 12.2 Å². The van der Waals surface area contributed by atoms with Crippen molar-refractivity contribution in [1.82, 2.24) is 9.80 Å². The molecular weight excluding hydrogens is 284 g/mol. The lowest BCUT2D eigenvalue weighted by Crippen LogP contribution is -2.60. The zero-order valence-corrected chi connectivity index (χ0v) is 14.2. The number of nitrogens with zero attached hydrogens (tertiary/aromatic N) is 3. The normalized spacial score (nSPS) is 24.0. The van der Waals surface area contributed by atoms with E-state index in [-0.39, 0.29) is 5.91 Å². The number of amides is 1. The van der Waals surface area contributed by atoms with Gasteiger partial charge in [-0.2, -0.15) is 0 Å². The molecule has 2 N–H and O–H groups in total. The standard InChI is InChI=1S/C15H26N4OS/c1-5-18(6-2)13(20)15(10-9-11-17-12(15)16)14(21)19(7-3)8-4/h9-12H,5-8,16H2,1-4H3. The van der Waals surface area contributed by atoms with Gasteiger partial charge in [0.15, 0.2) is 5.41 Å². The first kappa shape index (κ1) is 17.8. The van der Waals surface area contributed by atoms with Crippen molar-refractivity contribution in [2.45, 2.75) is 33.9 Å². The van der Waals surface area contributed by atoms with Gasteiger partial charge in [0.05, 0.1) is 0 Å². The number of thiocarbonyl (C=S) groups is 1. The van der Waals surface area contributed by atoms with Crippen LogP contribution < -0.4 is 5.73 Å². The molecule has 0 saturated carbocycles. The third kappa shape index (κ3) is 3.16. The summed E-state index contributed by atoms with van der Waals surface area (Å²) in [5, 5.41) is 0. The second kappa shape index (κ2) is 7.66. The largest absolute Gasteiger partial charge is 0.365 e. The average Bonchev–Trinajstić information content (AvgIpc) is 2.50. The molecule has 6 heteroatoms. The third-order valence-corrected chi connectivity index (χ3v) is 4.56. The van der Waals surface area contributed by atoms with Gasteiger partial charge in [-0.1, -0.05) is 18.3 Å². The highest BCUT2D eigenvalue weighted by Crippen LogP contribution is 2.32. The molecule has 21 heavy (non-hydrogen) atoms. The number of aliphatic imine (C=N–C) groups is 1. The second-order valence-electron chi connectivity index (χ2n) is 4.93.